The first-order valence-corrected chi connectivity index (χ1v) is 8.03. The average molecular weight is 326 g/mol. The Balaban J connectivity index is 2.64. The van der Waals surface area contributed by atoms with E-state index in [1.54, 1.807) is 18.2 Å². The lowest BCUT2D eigenvalue weighted by molar-refractivity contribution is -0.0812. The third-order valence-electron chi connectivity index (χ3n) is 4.35. The lowest BCUT2D eigenvalue weighted by Gasteiger charge is -2.46. The van der Waals surface area contributed by atoms with Crippen molar-refractivity contribution < 1.29 is 9.84 Å². The average Bonchev–Trinajstić information content (AvgIpc) is 2.57. The van der Waals surface area contributed by atoms with E-state index in [4.69, 9.17) is 10.00 Å². The Labute approximate surface area is 142 Å². The highest BCUT2D eigenvalue weighted by molar-refractivity contribution is 5.83. The number of nitriles is 2. The van der Waals surface area contributed by atoms with Crippen molar-refractivity contribution >= 4 is 5.84 Å². The molecule has 0 saturated heterocycles. The van der Waals surface area contributed by atoms with E-state index in [0.29, 0.717) is 30.1 Å². The number of hydrogen-bond donors (Lipinski definition) is 1. The van der Waals surface area contributed by atoms with Gasteiger partial charge in [-0.05, 0) is 39.0 Å². The molecular weight excluding hydrogens is 304 g/mol. The van der Waals surface area contributed by atoms with Crippen LogP contribution in [-0.2, 0) is 0 Å². The number of ether oxygens (including phenoxy) is 1. The van der Waals surface area contributed by atoms with Crippen molar-refractivity contribution in [3.8, 4) is 18.0 Å². The predicted octanol–water partition coefficient (Wildman–Crippen LogP) is 2.74. The summed E-state index contributed by atoms with van der Waals surface area (Å²) in [6.07, 6.45) is 1.57. The van der Waals surface area contributed by atoms with Crippen LogP contribution in [-0.4, -0.2) is 34.1 Å². The van der Waals surface area contributed by atoms with Crippen LogP contribution in [0.15, 0.2) is 23.2 Å². The summed E-state index contributed by atoms with van der Waals surface area (Å²) in [6.45, 7) is 8.09. The van der Waals surface area contributed by atoms with E-state index in [2.05, 4.69) is 11.1 Å². The summed E-state index contributed by atoms with van der Waals surface area (Å²) in [5.74, 6) is 1.25. The molecule has 1 heterocycles. The van der Waals surface area contributed by atoms with Crippen LogP contribution < -0.4 is 4.74 Å². The van der Waals surface area contributed by atoms with Gasteiger partial charge in [0.05, 0.1) is 17.7 Å². The molecule has 0 amide bonds. The third-order valence-corrected chi connectivity index (χ3v) is 4.35. The molecule has 1 aromatic carbocycles. The quantitative estimate of drug-likeness (QED) is 0.524. The highest BCUT2D eigenvalue weighted by Gasteiger charge is 2.45. The molecule has 0 aromatic heterocycles. The molecule has 0 saturated carbocycles. The van der Waals surface area contributed by atoms with Gasteiger partial charge in [-0.15, -0.1) is 0 Å². The van der Waals surface area contributed by atoms with Gasteiger partial charge in [0.1, 0.15) is 23.3 Å². The van der Waals surface area contributed by atoms with Gasteiger partial charge in [0.25, 0.3) is 0 Å². The van der Waals surface area contributed by atoms with E-state index in [9.17, 15) is 10.4 Å². The van der Waals surface area contributed by atoms with Gasteiger partial charge in [0, 0.05) is 18.5 Å². The molecule has 1 N–H and O–H groups in total. The summed E-state index contributed by atoms with van der Waals surface area (Å²) in [4.78, 5) is 5.83. The Hall–Kier alpha value is -2.57. The minimum absolute atomic E-state index is 0.436. The Morgan fingerprint density at radius 3 is 2.62 bits per heavy atom. The zero-order chi connectivity index (χ0) is 17.9. The zero-order valence-electron chi connectivity index (χ0n) is 14.4. The number of aliphatic hydroxyl groups is 1. The number of amidine groups is 1. The second kappa shape index (κ2) is 6.90. The molecule has 24 heavy (non-hydrogen) atoms. The van der Waals surface area contributed by atoms with Gasteiger partial charge in [0.15, 0.2) is 0 Å². The molecule has 2 atom stereocenters. The largest absolute Gasteiger partial charge is 0.485 e. The van der Waals surface area contributed by atoms with E-state index in [-0.39, 0.29) is 0 Å². The van der Waals surface area contributed by atoms with Crippen LogP contribution in [0.2, 0.25) is 0 Å². The van der Waals surface area contributed by atoms with Crippen LogP contribution in [0.3, 0.4) is 0 Å². The maximum Gasteiger partial charge on any atom is 0.207 e. The standard InChI is InChI=1S/C18H22N4O2/c1-5-15(21-11-20)22(6-2)16-13-9-12(10-19)7-8-14(13)24-18(3,4)17(16)23/h7-9,16-17,23H,5-6H2,1-4H3/t16-,17+/m0/s1. The molecule has 0 spiro atoms. The predicted molar refractivity (Wildman–Crippen MR) is 90.3 cm³/mol. The topological polar surface area (TPSA) is 92.6 Å². The Kier molecular flexibility index (Phi) is 5.11. The maximum absolute atomic E-state index is 10.9. The highest BCUT2D eigenvalue weighted by Crippen LogP contribution is 2.43. The molecule has 0 radical (unpaired) electrons. The monoisotopic (exact) mass is 326 g/mol. The van der Waals surface area contributed by atoms with Crippen LogP contribution in [0, 0.1) is 22.8 Å². The second-order valence-corrected chi connectivity index (χ2v) is 6.23. The number of fused-ring (bicyclic) bond motifs is 1. The van der Waals surface area contributed by atoms with Crippen LogP contribution >= 0.6 is 0 Å². The van der Waals surface area contributed by atoms with Crippen molar-refractivity contribution in [3.63, 3.8) is 0 Å². The summed E-state index contributed by atoms with van der Waals surface area (Å²) < 4.78 is 5.94. The second-order valence-electron chi connectivity index (χ2n) is 6.23. The minimum Gasteiger partial charge on any atom is -0.485 e. The molecule has 0 fully saturated rings. The number of hydrogen-bond acceptors (Lipinski definition) is 5. The van der Waals surface area contributed by atoms with E-state index < -0.39 is 17.7 Å². The fraction of sp³-hybridized carbons (Fsp3) is 0.500. The van der Waals surface area contributed by atoms with Crippen molar-refractivity contribution in [1.82, 2.24) is 4.90 Å². The van der Waals surface area contributed by atoms with Crippen molar-refractivity contribution in [1.29, 1.82) is 10.5 Å². The summed E-state index contributed by atoms with van der Waals surface area (Å²) in [7, 11) is 0. The first-order valence-electron chi connectivity index (χ1n) is 8.03. The molecule has 1 aliphatic rings. The molecule has 126 valence electrons. The Bertz CT molecular complexity index is 728. The molecule has 2 rings (SSSR count). The lowest BCUT2D eigenvalue weighted by atomic mass is 9.84. The van der Waals surface area contributed by atoms with Crippen molar-refractivity contribution in [2.45, 2.75) is 51.9 Å². The van der Waals surface area contributed by atoms with Crippen LogP contribution in [0.5, 0.6) is 5.75 Å². The zero-order valence-corrected chi connectivity index (χ0v) is 14.4. The van der Waals surface area contributed by atoms with Crippen molar-refractivity contribution in [2.24, 2.45) is 4.99 Å². The molecule has 6 heteroatoms. The first-order chi connectivity index (χ1) is 11.4. The highest BCUT2D eigenvalue weighted by atomic mass is 16.5. The molecule has 0 bridgehead atoms. The Morgan fingerprint density at radius 1 is 1.38 bits per heavy atom. The fourth-order valence-electron chi connectivity index (χ4n) is 3.12. The molecule has 0 unspecified atom stereocenters. The van der Waals surface area contributed by atoms with Gasteiger partial charge in [-0.3, -0.25) is 0 Å². The van der Waals surface area contributed by atoms with Gasteiger partial charge in [-0.1, -0.05) is 6.92 Å². The number of aliphatic imine (C=N–C) groups is 1. The van der Waals surface area contributed by atoms with Gasteiger partial charge in [0.2, 0.25) is 6.19 Å². The van der Waals surface area contributed by atoms with Crippen LogP contribution in [0.25, 0.3) is 0 Å². The first kappa shape index (κ1) is 17.8. The van der Waals surface area contributed by atoms with Gasteiger partial charge >= 0.3 is 0 Å². The summed E-state index contributed by atoms with van der Waals surface area (Å²) >= 11 is 0. The van der Waals surface area contributed by atoms with E-state index in [0.717, 1.165) is 5.56 Å². The number of likely N-dealkylation sites (N-methyl/N-ethyl adjacent to an activating group) is 1. The minimum atomic E-state index is -0.839. The molecular formula is C18H22N4O2. The normalized spacial score (nSPS) is 21.9. The molecule has 1 aliphatic heterocycles. The van der Waals surface area contributed by atoms with E-state index in [1.165, 1.54) is 0 Å². The SMILES string of the molecule is CCC(=NC#N)N(CC)[C@H]1c2cc(C#N)ccc2OC(C)(C)[C@@H]1O. The third kappa shape index (κ3) is 3.06. The summed E-state index contributed by atoms with van der Waals surface area (Å²) in [5.41, 5.74) is 0.437. The molecule has 1 aromatic rings. The fourth-order valence-corrected chi connectivity index (χ4v) is 3.12. The smallest absolute Gasteiger partial charge is 0.207 e. The number of aliphatic hydroxyl groups excluding tert-OH is 1. The number of benzene rings is 1. The van der Waals surface area contributed by atoms with Gasteiger partial charge < -0.3 is 14.7 Å². The molecule has 0 aliphatic carbocycles. The van der Waals surface area contributed by atoms with Crippen LogP contribution in [0.1, 0.15) is 51.3 Å². The van der Waals surface area contributed by atoms with Crippen molar-refractivity contribution in [2.75, 3.05) is 6.54 Å². The van der Waals surface area contributed by atoms with E-state index >= 15 is 0 Å². The lowest BCUT2D eigenvalue weighted by Crippen LogP contribution is -2.54. The Morgan fingerprint density at radius 2 is 2.08 bits per heavy atom. The summed E-state index contributed by atoms with van der Waals surface area (Å²) in [6, 6.07) is 6.88. The van der Waals surface area contributed by atoms with Gasteiger partial charge in [-0.2, -0.15) is 15.5 Å². The van der Waals surface area contributed by atoms with E-state index in [1.807, 2.05) is 38.8 Å². The maximum atomic E-state index is 10.9. The number of rotatable bonds is 3. The van der Waals surface area contributed by atoms with Gasteiger partial charge in [-0.25, -0.2) is 0 Å². The number of nitrogens with zero attached hydrogens (tertiary/aromatic N) is 4. The van der Waals surface area contributed by atoms with Crippen molar-refractivity contribution in [3.05, 3.63) is 29.3 Å². The molecule has 6 nitrogen and oxygen atoms in total. The summed E-state index contributed by atoms with van der Waals surface area (Å²) in [5, 5.41) is 29.1. The van der Waals surface area contributed by atoms with Crippen LogP contribution in [0.4, 0.5) is 0 Å².